The maximum Gasteiger partial charge on any atom is 0.471 e. The SMILES string of the molecule is CN(C(=O)C(CC1(C)CCC1)NC(=O)C(F)(F)F)C(CC1CC1)C(=O)N1CC2(CC1C#N)Oc1ncccc1NC2=O. The van der Waals surface area contributed by atoms with Crippen LogP contribution in [-0.4, -0.2) is 81.9 Å². The number of anilines is 1. The smallest absolute Gasteiger partial charge is 0.457 e. The van der Waals surface area contributed by atoms with Crippen LogP contribution < -0.4 is 15.4 Å². The normalized spacial score (nSPS) is 25.7. The van der Waals surface area contributed by atoms with Gasteiger partial charge in [0.2, 0.25) is 23.3 Å². The molecule has 2 aliphatic heterocycles. The van der Waals surface area contributed by atoms with Crippen molar-refractivity contribution in [3.8, 4) is 11.9 Å². The van der Waals surface area contributed by atoms with E-state index in [2.05, 4.69) is 16.4 Å². The first-order valence-corrected chi connectivity index (χ1v) is 14.1. The van der Waals surface area contributed by atoms with Crippen molar-refractivity contribution < 1.29 is 37.1 Å². The van der Waals surface area contributed by atoms with E-state index >= 15 is 0 Å². The summed E-state index contributed by atoms with van der Waals surface area (Å²) >= 11 is 0. The zero-order chi connectivity index (χ0) is 30.4. The van der Waals surface area contributed by atoms with Gasteiger partial charge in [-0.2, -0.15) is 18.4 Å². The Morgan fingerprint density at radius 1 is 1.33 bits per heavy atom. The Morgan fingerprint density at radius 2 is 2.05 bits per heavy atom. The summed E-state index contributed by atoms with van der Waals surface area (Å²) in [6.07, 6.45) is 0.299. The minimum absolute atomic E-state index is 0.00357. The van der Waals surface area contributed by atoms with Gasteiger partial charge >= 0.3 is 12.1 Å². The highest BCUT2D eigenvalue weighted by Crippen LogP contribution is 2.45. The van der Waals surface area contributed by atoms with Gasteiger partial charge in [0.15, 0.2) is 0 Å². The first kappa shape index (κ1) is 29.6. The lowest BCUT2D eigenvalue weighted by Gasteiger charge is -2.42. The van der Waals surface area contributed by atoms with Gasteiger partial charge in [-0.1, -0.05) is 26.2 Å². The number of nitrogens with one attached hydrogen (secondary N) is 2. The topological polar surface area (TPSA) is 145 Å². The van der Waals surface area contributed by atoms with Crippen molar-refractivity contribution in [3.05, 3.63) is 18.3 Å². The molecule has 1 aromatic rings. The van der Waals surface area contributed by atoms with Crippen molar-refractivity contribution in [1.82, 2.24) is 20.1 Å². The zero-order valence-corrected chi connectivity index (χ0v) is 23.4. The molecule has 1 spiro atoms. The second-order valence-corrected chi connectivity index (χ2v) is 12.3. The standard InChI is InChI=1S/C28H33F3N6O5/c1-26(8-4-9-26)13-19(35-25(41)28(29,30)31)22(38)36(2)20(11-16-6-7-16)23(39)37-15-27(12-17(37)14-32)24(40)34-18-5-3-10-33-21(18)42-27/h3,5,10,16-17,19-20H,4,6-9,11-13,15H2,1-2H3,(H,34,40)(H,35,41). The monoisotopic (exact) mass is 590 g/mol. The molecule has 0 bridgehead atoms. The highest BCUT2D eigenvalue weighted by molar-refractivity contribution is 6.02. The number of aromatic nitrogens is 1. The van der Waals surface area contributed by atoms with Crippen LogP contribution in [-0.2, 0) is 19.2 Å². The van der Waals surface area contributed by atoms with Crippen molar-refractivity contribution in [2.24, 2.45) is 11.3 Å². The largest absolute Gasteiger partial charge is 0.471 e. The Balaban J connectivity index is 1.39. The molecule has 42 heavy (non-hydrogen) atoms. The number of nitriles is 1. The van der Waals surface area contributed by atoms with Gasteiger partial charge in [0.05, 0.1) is 12.6 Å². The Hall–Kier alpha value is -3.89. The van der Waals surface area contributed by atoms with E-state index < -0.39 is 58.9 Å². The molecule has 2 aliphatic carbocycles. The number of fused-ring (bicyclic) bond motifs is 1. The molecular weight excluding hydrogens is 557 g/mol. The predicted octanol–water partition coefficient (Wildman–Crippen LogP) is 2.53. The van der Waals surface area contributed by atoms with E-state index in [0.29, 0.717) is 18.5 Å². The summed E-state index contributed by atoms with van der Waals surface area (Å²) in [5, 5.41) is 14.5. The lowest BCUT2D eigenvalue weighted by molar-refractivity contribution is -0.175. The average molecular weight is 591 g/mol. The van der Waals surface area contributed by atoms with Gasteiger partial charge in [-0.15, -0.1) is 0 Å². The van der Waals surface area contributed by atoms with Crippen molar-refractivity contribution in [2.75, 3.05) is 18.9 Å². The van der Waals surface area contributed by atoms with Crippen LogP contribution in [0.4, 0.5) is 18.9 Å². The van der Waals surface area contributed by atoms with Crippen molar-refractivity contribution >= 4 is 29.3 Å². The van der Waals surface area contributed by atoms with E-state index in [1.54, 1.807) is 12.1 Å². The minimum atomic E-state index is -5.18. The molecule has 226 valence electrons. The first-order chi connectivity index (χ1) is 19.7. The molecule has 11 nitrogen and oxygen atoms in total. The number of likely N-dealkylation sites (N-methyl/N-ethyl adjacent to an activating group) is 1. The lowest BCUT2D eigenvalue weighted by Crippen LogP contribution is -2.58. The van der Waals surface area contributed by atoms with Crippen LogP contribution in [0.15, 0.2) is 18.3 Å². The summed E-state index contributed by atoms with van der Waals surface area (Å²) in [4.78, 5) is 59.3. The maximum absolute atomic E-state index is 14.1. The predicted molar refractivity (Wildman–Crippen MR) is 140 cm³/mol. The van der Waals surface area contributed by atoms with Crippen LogP contribution in [0.5, 0.6) is 5.88 Å². The highest BCUT2D eigenvalue weighted by atomic mass is 19.4. The third-order valence-electron chi connectivity index (χ3n) is 8.95. The molecule has 3 heterocycles. The number of carbonyl (C=O) groups is 4. The van der Waals surface area contributed by atoms with E-state index in [1.807, 2.05) is 12.2 Å². The third kappa shape index (κ3) is 5.73. The molecule has 4 unspecified atom stereocenters. The summed E-state index contributed by atoms with van der Waals surface area (Å²) in [5.41, 5.74) is -1.64. The number of rotatable bonds is 8. The van der Waals surface area contributed by atoms with Gasteiger partial charge in [-0.05, 0) is 49.1 Å². The number of amides is 4. The van der Waals surface area contributed by atoms with E-state index in [4.69, 9.17) is 4.74 Å². The van der Waals surface area contributed by atoms with Gasteiger partial charge < -0.3 is 25.2 Å². The Kier molecular flexibility index (Phi) is 7.57. The van der Waals surface area contributed by atoms with Crippen molar-refractivity contribution in [1.29, 1.82) is 5.26 Å². The highest BCUT2D eigenvalue weighted by Gasteiger charge is 2.57. The third-order valence-corrected chi connectivity index (χ3v) is 8.95. The van der Waals surface area contributed by atoms with Crippen LogP contribution in [0, 0.1) is 22.7 Å². The minimum Gasteiger partial charge on any atom is -0.457 e. The number of pyridine rings is 1. The molecule has 2 saturated carbocycles. The zero-order valence-electron chi connectivity index (χ0n) is 23.4. The molecule has 4 aliphatic rings. The number of ether oxygens (including phenoxy) is 1. The number of hydrogen-bond donors (Lipinski definition) is 2. The second-order valence-electron chi connectivity index (χ2n) is 12.3. The van der Waals surface area contributed by atoms with Gasteiger partial charge in [-0.25, -0.2) is 4.98 Å². The molecule has 0 radical (unpaired) electrons. The fraction of sp³-hybridized carbons (Fsp3) is 0.643. The Morgan fingerprint density at radius 3 is 2.64 bits per heavy atom. The molecule has 0 aromatic carbocycles. The number of hydrogen-bond acceptors (Lipinski definition) is 7. The van der Waals surface area contributed by atoms with Crippen molar-refractivity contribution in [3.63, 3.8) is 0 Å². The number of likely N-dealkylation sites (tertiary alicyclic amines) is 1. The van der Waals surface area contributed by atoms with Crippen LogP contribution >= 0.6 is 0 Å². The first-order valence-electron chi connectivity index (χ1n) is 14.1. The number of alkyl halides is 3. The summed E-state index contributed by atoms with van der Waals surface area (Å²) in [6, 6.07) is 1.61. The lowest BCUT2D eigenvalue weighted by atomic mass is 9.66. The van der Waals surface area contributed by atoms with Gasteiger partial charge in [-0.3, -0.25) is 19.2 Å². The molecule has 1 saturated heterocycles. The summed E-state index contributed by atoms with van der Waals surface area (Å²) in [7, 11) is 1.33. The Bertz CT molecular complexity index is 1320. The second kappa shape index (κ2) is 10.7. The van der Waals surface area contributed by atoms with Crippen LogP contribution in [0.1, 0.15) is 58.3 Å². The quantitative estimate of drug-likeness (QED) is 0.473. The molecule has 2 N–H and O–H groups in total. The molecule has 4 atom stereocenters. The maximum atomic E-state index is 14.1. The van der Waals surface area contributed by atoms with E-state index in [1.165, 1.54) is 18.1 Å². The van der Waals surface area contributed by atoms with E-state index in [0.717, 1.165) is 24.2 Å². The van der Waals surface area contributed by atoms with E-state index in [9.17, 15) is 37.6 Å². The summed E-state index contributed by atoms with van der Waals surface area (Å²) in [6.45, 7) is 1.58. The fourth-order valence-corrected chi connectivity index (χ4v) is 6.09. The molecule has 14 heteroatoms. The van der Waals surface area contributed by atoms with Gasteiger partial charge in [0.25, 0.3) is 5.91 Å². The number of carbonyl (C=O) groups excluding carboxylic acids is 4. The average Bonchev–Trinajstić information content (AvgIpc) is 3.68. The van der Waals surface area contributed by atoms with Gasteiger partial charge in [0, 0.05) is 19.7 Å². The molecule has 3 fully saturated rings. The van der Waals surface area contributed by atoms with Gasteiger partial charge in [0.1, 0.15) is 23.8 Å². The van der Waals surface area contributed by atoms with Crippen LogP contribution in [0.25, 0.3) is 0 Å². The summed E-state index contributed by atoms with van der Waals surface area (Å²) < 4.78 is 45.5. The fourth-order valence-electron chi connectivity index (χ4n) is 6.09. The molecule has 1 aromatic heterocycles. The number of nitrogens with zero attached hydrogens (tertiary/aromatic N) is 4. The van der Waals surface area contributed by atoms with Crippen LogP contribution in [0.3, 0.4) is 0 Å². The van der Waals surface area contributed by atoms with E-state index in [-0.39, 0.29) is 37.6 Å². The molecular formula is C28H33F3N6O5. The number of halogens is 3. The summed E-state index contributed by atoms with van der Waals surface area (Å²) in [5.74, 6) is -3.92. The molecule has 4 amide bonds. The van der Waals surface area contributed by atoms with Crippen LogP contribution in [0.2, 0.25) is 0 Å². The van der Waals surface area contributed by atoms with Crippen molar-refractivity contribution in [2.45, 2.75) is 88.2 Å². The Labute approximate surface area is 240 Å². The molecule has 5 rings (SSSR count).